The molecule has 28 heavy (non-hydrogen) atoms. The number of carboxylic acid groups (broad SMARTS) is 1. The number of hydrogen-bond donors (Lipinski definition) is 1. The monoisotopic (exact) mass is 397 g/mol. The lowest BCUT2D eigenvalue weighted by atomic mass is 10.1. The maximum atomic E-state index is 13.8. The fraction of sp³-hybridized carbons (Fsp3) is 0.0556. The zero-order chi connectivity index (χ0) is 20.7. The van der Waals surface area contributed by atoms with Crippen LogP contribution in [0.3, 0.4) is 0 Å². The Hall–Kier alpha value is -3.56. The minimum atomic E-state index is -2.34. The van der Waals surface area contributed by atoms with Gasteiger partial charge in [-0.2, -0.15) is 0 Å². The number of carbonyl (C=O) groups is 3. The lowest BCUT2D eigenvalue weighted by Gasteiger charge is -2.13. The average molecular weight is 397 g/mol. The molecule has 0 atom stereocenters. The van der Waals surface area contributed by atoms with Gasteiger partial charge in [0.1, 0.15) is 0 Å². The van der Waals surface area contributed by atoms with Gasteiger partial charge in [-0.15, -0.1) is 0 Å². The van der Waals surface area contributed by atoms with E-state index in [1.807, 2.05) is 0 Å². The molecule has 1 aliphatic heterocycles. The standard InChI is InChI=1S/C18H8F5NO4/c19-12-10(13(20)15(22)16(23)14(12)21)5-8-6-11(25)24(17(8)26)9-3-1-7(2-4-9)18(27)28/h1-5H,6H2,(H,27,28). The largest absolute Gasteiger partial charge is 0.478 e. The second-order valence-corrected chi connectivity index (χ2v) is 5.72. The van der Waals surface area contributed by atoms with Gasteiger partial charge in [-0.1, -0.05) is 0 Å². The van der Waals surface area contributed by atoms with Gasteiger partial charge >= 0.3 is 5.97 Å². The summed E-state index contributed by atoms with van der Waals surface area (Å²) in [4.78, 5) is 36.0. The van der Waals surface area contributed by atoms with Gasteiger partial charge in [-0.25, -0.2) is 31.6 Å². The molecule has 2 aromatic rings. The molecule has 0 unspecified atom stereocenters. The van der Waals surface area contributed by atoms with Gasteiger partial charge in [0.05, 0.1) is 23.2 Å². The van der Waals surface area contributed by atoms with Crippen LogP contribution < -0.4 is 4.90 Å². The van der Waals surface area contributed by atoms with E-state index in [2.05, 4.69) is 0 Å². The van der Waals surface area contributed by atoms with E-state index in [0.717, 1.165) is 12.1 Å². The molecule has 5 nitrogen and oxygen atoms in total. The number of amides is 2. The van der Waals surface area contributed by atoms with Crippen LogP contribution in [0.4, 0.5) is 27.6 Å². The topological polar surface area (TPSA) is 74.7 Å². The summed E-state index contributed by atoms with van der Waals surface area (Å²) in [6.07, 6.45) is -0.207. The Morgan fingerprint density at radius 1 is 0.893 bits per heavy atom. The van der Waals surface area contributed by atoms with E-state index in [0.29, 0.717) is 11.0 Å². The zero-order valence-corrected chi connectivity index (χ0v) is 13.6. The Morgan fingerprint density at radius 2 is 1.39 bits per heavy atom. The Balaban J connectivity index is 2.02. The van der Waals surface area contributed by atoms with Crippen LogP contribution in [-0.2, 0) is 9.59 Å². The number of aromatic carboxylic acids is 1. The first-order valence-corrected chi connectivity index (χ1v) is 7.56. The van der Waals surface area contributed by atoms with Crippen LogP contribution in [0.2, 0.25) is 0 Å². The van der Waals surface area contributed by atoms with E-state index in [9.17, 15) is 36.3 Å². The van der Waals surface area contributed by atoms with Gasteiger partial charge < -0.3 is 5.11 Å². The highest BCUT2D eigenvalue weighted by molar-refractivity contribution is 6.29. The molecule has 0 bridgehead atoms. The van der Waals surface area contributed by atoms with Crippen molar-refractivity contribution in [1.82, 2.24) is 0 Å². The van der Waals surface area contributed by atoms with Crippen molar-refractivity contribution in [3.8, 4) is 0 Å². The first kappa shape index (κ1) is 19.2. The quantitative estimate of drug-likeness (QED) is 0.283. The SMILES string of the molecule is O=C(O)c1ccc(N2C(=O)CC(=Cc3c(F)c(F)c(F)c(F)c3F)C2=O)cc1. The molecule has 2 amide bonds. The summed E-state index contributed by atoms with van der Waals surface area (Å²) in [5, 5.41) is 8.85. The Kier molecular flexibility index (Phi) is 4.72. The second-order valence-electron chi connectivity index (χ2n) is 5.72. The number of imide groups is 1. The van der Waals surface area contributed by atoms with Gasteiger partial charge in [0.2, 0.25) is 11.7 Å². The fourth-order valence-electron chi connectivity index (χ4n) is 2.62. The highest BCUT2D eigenvalue weighted by atomic mass is 19.2. The zero-order valence-electron chi connectivity index (χ0n) is 13.6. The number of carboxylic acids is 1. The van der Waals surface area contributed by atoms with Gasteiger partial charge in [-0.05, 0) is 30.3 Å². The number of hydrogen-bond acceptors (Lipinski definition) is 3. The molecule has 144 valence electrons. The lowest BCUT2D eigenvalue weighted by Crippen LogP contribution is -2.28. The molecule has 2 aromatic carbocycles. The molecule has 0 saturated carbocycles. The number of halogens is 5. The van der Waals surface area contributed by atoms with Crippen LogP contribution in [0, 0.1) is 29.1 Å². The maximum absolute atomic E-state index is 13.8. The summed E-state index contributed by atoms with van der Waals surface area (Å²) in [6, 6.07) is 4.59. The van der Waals surface area contributed by atoms with Crippen molar-refractivity contribution in [2.24, 2.45) is 0 Å². The Labute approximate surface area is 153 Å². The van der Waals surface area contributed by atoms with Gasteiger partial charge in [0.15, 0.2) is 23.3 Å². The average Bonchev–Trinajstić information content (AvgIpc) is 2.95. The maximum Gasteiger partial charge on any atom is 0.335 e. The smallest absolute Gasteiger partial charge is 0.335 e. The van der Waals surface area contributed by atoms with Crippen LogP contribution in [-0.4, -0.2) is 22.9 Å². The van der Waals surface area contributed by atoms with Crippen LogP contribution in [0.5, 0.6) is 0 Å². The predicted octanol–water partition coefficient (Wildman–Crippen LogP) is 3.43. The molecular formula is C18H8F5NO4. The van der Waals surface area contributed by atoms with Crippen molar-refractivity contribution in [2.75, 3.05) is 4.90 Å². The summed E-state index contributed by atoms with van der Waals surface area (Å²) in [5.41, 5.74) is -1.95. The Bertz CT molecular complexity index is 1030. The summed E-state index contributed by atoms with van der Waals surface area (Å²) in [7, 11) is 0. The highest BCUT2D eigenvalue weighted by Gasteiger charge is 2.36. The fourth-order valence-corrected chi connectivity index (χ4v) is 2.62. The minimum Gasteiger partial charge on any atom is -0.478 e. The summed E-state index contributed by atoms with van der Waals surface area (Å²) >= 11 is 0. The van der Waals surface area contributed by atoms with E-state index < -0.39 is 64.4 Å². The number of benzene rings is 2. The van der Waals surface area contributed by atoms with Gasteiger partial charge in [0.25, 0.3) is 5.91 Å². The molecular weight excluding hydrogens is 389 g/mol. The van der Waals surface area contributed by atoms with Crippen LogP contribution in [0.1, 0.15) is 22.3 Å². The Morgan fingerprint density at radius 3 is 1.89 bits per heavy atom. The first-order chi connectivity index (χ1) is 13.1. The molecule has 1 saturated heterocycles. The molecule has 1 fully saturated rings. The van der Waals surface area contributed by atoms with Crippen LogP contribution in [0.25, 0.3) is 6.08 Å². The second kappa shape index (κ2) is 6.87. The van der Waals surface area contributed by atoms with Crippen molar-refractivity contribution in [2.45, 2.75) is 6.42 Å². The van der Waals surface area contributed by atoms with E-state index in [1.165, 1.54) is 12.1 Å². The summed E-state index contributed by atoms with van der Waals surface area (Å²) in [6.45, 7) is 0. The van der Waals surface area contributed by atoms with Crippen molar-refractivity contribution >= 4 is 29.5 Å². The number of rotatable bonds is 3. The summed E-state index contributed by atoms with van der Waals surface area (Å²) in [5.74, 6) is -14.0. The van der Waals surface area contributed by atoms with Crippen molar-refractivity contribution in [1.29, 1.82) is 0 Å². The molecule has 3 rings (SSSR count). The molecule has 0 spiro atoms. The molecule has 10 heteroatoms. The van der Waals surface area contributed by atoms with E-state index >= 15 is 0 Å². The molecule has 1 heterocycles. The van der Waals surface area contributed by atoms with E-state index in [1.54, 1.807) is 0 Å². The predicted molar refractivity (Wildman–Crippen MR) is 84.7 cm³/mol. The van der Waals surface area contributed by atoms with E-state index in [-0.39, 0.29) is 11.3 Å². The summed E-state index contributed by atoms with van der Waals surface area (Å²) < 4.78 is 67.3. The van der Waals surface area contributed by atoms with Crippen molar-refractivity contribution in [3.63, 3.8) is 0 Å². The molecule has 0 radical (unpaired) electrons. The number of carbonyl (C=O) groups excluding carboxylic acids is 2. The van der Waals surface area contributed by atoms with Gasteiger partial charge in [-0.3, -0.25) is 9.59 Å². The van der Waals surface area contributed by atoms with Crippen molar-refractivity contribution < 1.29 is 41.4 Å². The number of nitrogens with zero attached hydrogens (tertiary/aromatic N) is 1. The van der Waals surface area contributed by atoms with Crippen LogP contribution in [0.15, 0.2) is 29.8 Å². The third-order valence-corrected chi connectivity index (χ3v) is 4.00. The first-order valence-electron chi connectivity index (χ1n) is 7.56. The van der Waals surface area contributed by atoms with Gasteiger partial charge in [0, 0.05) is 5.57 Å². The van der Waals surface area contributed by atoms with E-state index in [4.69, 9.17) is 5.11 Å². The minimum absolute atomic E-state index is 0.0131. The third-order valence-electron chi connectivity index (χ3n) is 4.00. The third kappa shape index (κ3) is 3.02. The highest BCUT2D eigenvalue weighted by Crippen LogP contribution is 2.30. The van der Waals surface area contributed by atoms with Crippen molar-refractivity contribution in [3.05, 3.63) is 70.1 Å². The molecule has 0 aromatic heterocycles. The van der Waals surface area contributed by atoms with Crippen LogP contribution >= 0.6 is 0 Å². The molecule has 1 aliphatic rings. The normalized spacial score (nSPS) is 15.6. The lowest BCUT2D eigenvalue weighted by molar-refractivity contribution is -0.120. The molecule has 0 aliphatic carbocycles. The number of anilines is 1. The molecule has 1 N–H and O–H groups in total.